The van der Waals surface area contributed by atoms with E-state index >= 15 is 0 Å². The van der Waals surface area contributed by atoms with Crippen molar-refractivity contribution < 1.29 is 0 Å². The minimum absolute atomic E-state index is 0.375. The van der Waals surface area contributed by atoms with Crippen molar-refractivity contribution in [3.63, 3.8) is 0 Å². The number of nitrogens with two attached hydrogens (primary N) is 1. The molecule has 3 N–H and O–H groups in total. The van der Waals surface area contributed by atoms with Gasteiger partial charge in [-0.2, -0.15) is 5.10 Å². The maximum absolute atomic E-state index is 5.64. The molecule has 1 heterocycles. The van der Waals surface area contributed by atoms with Gasteiger partial charge in [-0.15, -0.1) is 0 Å². The summed E-state index contributed by atoms with van der Waals surface area (Å²) < 4.78 is 3.07. The first-order chi connectivity index (χ1) is 7.63. The molecule has 1 fully saturated rings. The highest BCUT2D eigenvalue weighted by Crippen LogP contribution is 2.32. The quantitative estimate of drug-likeness (QED) is 0.654. The van der Waals surface area contributed by atoms with Crippen molar-refractivity contribution in [2.24, 2.45) is 18.8 Å². The molecule has 1 saturated carbocycles. The third kappa shape index (κ3) is 2.17. The Morgan fingerprint density at radius 1 is 1.62 bits per heavy atom. The molecule has 5 heteroatoms. The zero-order valence-corrected chi connectivity index (χ0v) is 11.4. The monoisotopic (exact) mass is 286 g/mol. The summed E-state index contributed by atoms with van der Waals surface area (Å²) in [5.74, 6) is 6.37. The molecule has 0 spiro atoms. The SMILES string of the molecule is Cc1nn(C)c(CC(NN)C2CCC2)c1Br. The fourth-order valence-corrected chi connectivity index (χ4v) is 2.81. The van der Waals surface area contributed by atoms with Crippen molar-refractivity contribution in [2.45, 2.75) is 38.6 Å². The molecule has 1 unspecified atom stereocenters. The number of nitrogens with one attached hydrogen (secondary N) is 1. The minimum Gasteiger partial charge on any atom is -0.271 e. The molecule has 0 aromatic carbocycles. The van der Waals surface area contributed by atoms with Crippen molar-refractivity contribution in [2.75, 3.05) is 0 Å². The minimum atomic E-state index is 0.375. The highest BCUT2D eigenvalue weighted by atomic mass is 79.9. The second-order valence-electron chi connectivity index (χ2n) is 4.64. The van der Waals surface area contributed by atoms with Crippen molar-refractivity contribution in [1.82, 2.24) is 15.2 Å². The summed E-state index contributed by atoms with van der Waals surface area (Å²) in [5, 5.41) is 4.40. The van der Waals surface area contributed by atoms with E-state index in [4.69, 9.17) is 5.84 Å². The summed E-state index contributed by atoms with van der Waals surface area (Å²) in [6, 6.07) is 0.375. The molecule has 90 valence electrons. The predicted octanol–water partition coefficient (Wildman–Crippen LogP) is 1.67. The van der Waals surface area contributed by atoms with E-state index in [0.29, 0.717) is 6.04 Å². The van der Waals surface area contributed by atoms with Gasteiger partial charge in [-0.1, -0.05) is 6.42 Å². The lowest BCUT2D eigenvalue weighted by Crippen LogP contribution is -2.45. The van der Waals surface area contributed by atoms with Gasteiger partial charge in [-0.05, 0) is 41.6 Å². The average Bonchev–Trinajstić information content (AvgIpc) is 2.40. The molecular weight excluding hydrogens is 268 g/mol. The summed E-state index contributed by atoms with van der Waals surface area (Å²) >= 11 is 3.60. The van der Waals surface area contributed by atoms with E-state index in [1.54, 1.807) is 0 Å². The molecule has 1 aromatic heterocycles. The van der Waals surface area contributed by atoms with E-state index in [9.17, 15) is 0 Å². The number of hydrogen-bond donors (Lipinski definition) is 2. The number of rotatable bonds is 4. The maximum atomic E-state index is 5.64. The molecule has 0 aliphatic heterocycles. The molecule has 0 saturated heterocycles. The van der Waals surface area contributed by atoms with Crippen LogP contribution in [-0.2, 0) is 13.5 Å². The van der Waals surface area contributed by atoms with Crippen LogP contribution in [0.2, 0.25) is 0 Å². The number of halogens is 1. The van der Waals surface area contributed by atoms with Crippen molar-refractivity contribution in [3.8, 4) is 0 Å². The van der Waals surface area contributed by atoms with Crippen molar-refractivity contribution in [1.29, 1.82) is 0 Å². The fourth-order valence-electron chi connectivity index (χ4n) is 2.31. The highest BCUT2D eigenvalue weighted by Gasteiger charge is 2.28. The Morgan fingerprint density at radius 3 is 2.69 bits per heavy atom. The van der Waals surface area contributed by atoms with Gasteiger partial charge in [0.25, 0.3) is 0 Å². The Bertz CT molecular complexity index is 370. The third-order valence-electron chi connectivity index (χ3n) is 3.61. The van der Waals surface area contributed by atoms with Crippen LogP contribution in [-0.4, -0.2) is 15.8 Å². The lowest BCUT2D eigenvalue weighted by molar-refractivity contribution is 0.226. The number of aryl methyl sites for hydroxylation is 2. The number of nitrogens with zero attached hydrogens (tertiary/aromatic N) is 2. The molecule has 1 aliphatic rings. The Kier molecular flexibility index (Phi) is 3.66. The van der Waals surface area contributed by atoms with Crippen LogP contribution >= 0.6 is 15.9 Å². The number of aromatic nitrogens is 2. The van der Waals surface area contributed by atoms with Crippen molar-refractivity contribution >= 4 is 15.9 Å². The van der Waals surface area contributed by atoms with E-state index in [-0.39, 0.29) is 0 Å². The normalized spacial score (nSPS) is 18.5. The molecule has 4 nitrogen and oxygen atoms in total. The molecule has 1 atom stereocenters. The summed E-state index contributed by atoms with van der Waals surface area (Å²) in [7, 11) is 1.99. The summed E-state index contributed by atoms with van der Waals surface area (Å²) in [6.45, 7) is 2.02. The Labute approximate surface area is 105 Å². The van der Waals surface area contributed by atoms with E-state index in [0.717, 1.165) is 22.5 Å². The van der Waals surface area contributed by atoms with Crippen LogP contribution in [0.1, 0.15) is 30.7 Å². The number of hydrogen-bond acceptors (Lipinski definition) is 3. The first-order valence-electron chi connectivity index (χ1n) is 5.77. The summed E-state index contributed by atoms with van der Waals surface area (Å²) in [5.41, 5.74) is 5.23. The van der Waals surface area contributed by atoms with Crippen LogP contribution < -0.4 is 11.3 Å². The lowest BCUT2D eigenvalue weighted by atomic mass is 9.78. The second kappa shape index (κ2) is 4.85. The van der Waals surface area contributed by atoms with Crippen LogP contribution in [0.3, 0.4) is 0 Å². The van der Waals surface area contributed by atoms with Crippen LogP contribution in [0, 0.1) is 12.8 Å². The largest absolute Gasteiger partial charge is 0.271 e. The van der Waals surface area contributed by atoms with Gasteiger partial charge < -0.3 is 0 Å². The van der Waals surface area contributed by atoms with Gasteiger partial charge in [0.2, 0.25) is 0 Å². The van der Waals surface area contributed by atoms with Crippen LogP contribution in [0.5, 0.6) is 0 Å². The van der Waals surface area contributed by atoms with E-state index in [2.05, 4.69) is 26.5 Å². The standard InChI is InChI=1S/C11H19BrN4/c1-7-11(12)10(16(2)15-7)6-9(14-13)8-4-3-5-8/h8-9,14H,3-6,13H2,1-2H3. The van der Waals surface area contributed by atoms with Crippen LogP contribution in [0.4, 0.5) is 0 Å². The zero-order valence-electron chi connectivity index (χ0n) is 9.83. The number of hydrazine groups is 1. The average molecular weight is 287 g/mol. The Morgan fingerprint density at radius 2 is 2.31 bits per heavy atom. The molecule has 16 heavy (non-hydrogen) atoms. The molecule has 1 aromatic rings. The molecule has 0 radical (unpaired) electrons. The van der Waals surface area contributed by atoms with Gasteiger partial charge in [-0.25, -0.2) is 0 Å². The van der Waals surface area contributed by atoms with Gasteiger partial charge in [-0.3, -0.25) is 16.0 Å². The summed E-state index contributed by atoms with van der Waals surface area (Å²) in [6.07, 6.45) is 4.88. The lowest BCUT2D eigenvalue weighted by Gasteiger charge is -2.33. The van der Waals surface area contributed by atoms with Gasteiger partial charge in [0.15, 0.2) is 0 Å². The smallest absolute Gasteiger partial charge is 0.0738 e. The third-order valence-corrected chi connectivity index (χ3v) is 4.64. The maximum Gasteiger partial charge on any atom is 0.0738 e. The molecule has 0 bridgehead atoms. The van der Waals surface area contributed by atoms with Gasteiger partial charge in [0, 0.05) is 19.5 Å². The second-order valence-corrected chi connectivity index (χ2v) is 5.43. The fraction of sp³-hybridized carbons (Fsp3) is 0.727. The summed E-state index contributed by atoms with van der Waals surface area (Å²) in [4.78, 5) is 0. The predicted molar refractivity (Wildman–Crippen MR) is 67.8 cm³/mol. The highest BCUT2D eigenvalue weighted by molar-refractivity contribution is 9.10. The Hall–Kier alpha value is -0.390. The topological polar surface area (TPSA) is 55.9 Å². The van der Waals surface area contributed by atoms with Gasteiger partial charge in [0.1, 0.15) is 0 Å². The van der Waals surface area contributed by atoms with Gasteiger partial charge in [0.05, 0.1) is 15.9 Å². The van der Waals surface area contributed by atoms with Crippen LogP contribution in [0.25, 0.3) is 0 Å². The molecular formula is C11H19BrN4. The Balaban J connectivity index is 2.11. The first kappa shape index (κ1) is 12.1. The zero-order chi connectivity index (χ0) is 11.7. The molecule has 0 amide bonds. The van der Waals surface area contributed by atoms with E-state index in [1.165, 1.54) is 25.0 Å². The van der Waals surface area contributed by atoms with E-state index < -0.39 is 0 Å². The van der Waals surface area contributed by atoms with E-state index in [1.807, 2.05) is 18.7 Å². The van der Waals surface area contributed by atoms with Crippen LogP contribution in [0.15, 0.2) is 4.47 Å². The van der Waals surface area contributed by atoms with Crippen molar-refractivity contribution in [3.05, 3.63) is 15.9 Å². The van der Waals surface area contributed by atoms with Gasteiger partial charge >= 0.3 is 0 Å². The molecule has 1 aliphatic carbocycles. The molecule has 2 rings (SSSR count). The first-order valence-corrected chi connectivity index (χ1v) is 6.57.